The third kappa shape index (κ3) is 3.15. The predicted molar refractivity (Wildman–Crippen MR) is 69.0 cm³/mol. The molecule has 0 unspecified atom stereocenters. The van der Waals surface area contributed by atoms with Crippen molar-refractivity contribution in [2.75, 3.05) is 0 Å². The number of furan rings is 1. The third-order valence-electron chi connectivity index (χ3n) is 2.79. The maximum absolute atomic E-state index is 11.2. The fourth-order valence-electron chi connectivity index (χ4n) is 1.63. The molecule has 1 aliphatic heterocycles. The Morgan fingerprint density at radius 1 is 1.58 bits per heavy atom. The van der Waals surface area contributed by atoms with E-state index in [1.807, 2.05) is 0 Å². The van der Waals surface area contributed by atoms with Crippen LogP contribution >= 0.6 is 0 Å². The van der Waals surface area contributed by atoms with Crippen molar-refractivity contribution < 1.29 is 19.1 Å². The Morgan fingerprint density at radius 3 is 2.95 bits per heavy atom. The van der Waals surface area contributed by atoms with Crippen molar-refractivity contribution in [1.82, 2.24) is 0 Å². The third-order valence-corrected chi connectivity index (χ3v) is 2.79. The second-order valence-electron chi connectivity index (χ2n) is 4.33. The maximum atomic E-state index is 11.2. The lowest BCUT2D eigenvalue weighted by atomic mass is 10.1. The number of aliphatic hydroxyl groups is 1. The van der Waals surface area contributed by atoms with Gasteiger partial charge in [0.1, 0.15) is 12.4 Å². The van der Waals surface area contributed by atoms with Crippen LogP contribution in [0.4, 0.5) is 0 Å². The van der Waals surface area contributed by atoms with E-state index in [-0.39, 0.29) is 5.97 Å². The number of carbonyl (C=O) groups is 1. The summed E-state index contributed by atoms with van der Waals surface area (Å²) in [5.41, 5.74) is 1.92. The summed E-state index contributed by atoms with van der Waals surface area (Å²) in [5.74, 6) is 5.30. The SMILES string of the molecule is CC1=C[C@H]([C@H](O)/C(C)=C/C#Cc2ccoc2)OC1=O. The highest BCUT2D eigenvalue weighted by atomic mass is 16.6. The van der Waals surface area contributed by atoms with E-state index in [1.165, 1.54) is 6.26 Å². The van der Waals surface area contributed by atoms with Gasteiger partial charge < -0.3 is 14.3 Å². The van der Waals surface area contributed by atoms with Crippen molar-refractivity contribution in [3.8, 4) is 11.8 Å². The number of allylic oxidation sites excluding steroid dienone is 1. The summed E-state index contributed by atoms with van der Waals surface area (Å²) in [5, 5.41) is 10.0. The molecule has 4 heteroatoms. The minimum Gasteiger partial charge on any atom is -0.471 e. The standard InChI is InChI=1S/C15H14O4/c1-10(4-3-5-12-6-7-18-9-12)14(16)13-8-11(2)15(17)19-13/h4,6-9,13-14,16H,1-2H3/b10-4+/t13-,14-/m1/s1. The fourth-order valence-corrected chi connectivity index (χ4v) is 1.63. The summed E-state index contributed by atoms with van der Waals surface area (Å²) < 4.78 is 9.91. The average Bonchev–Trinajstić information content (AvgIpc) is 2.99. The Morgan fingerprint density at radius 2 is 2.37 bits per heavy atom. The number of rotatable bonds is 2. The highest BCUT2D eigenvalue weighted by molar-refractivity contribution is 5.90. The van der Waals surface area contributed by atoms with Crippen LogP contribution in [0.2, 0.25) is 0 Å². The molecule has 2 atom stereocenters. The van der Waals surface area contributed by atoms with Gasteiger partial charge in [-0.1, -0.05) is 11.8 Å². The van der Waals surface area contributed by atoms with Gasteiger partial charge in [0.05, 0.1) is 11.8 Å². The molecule has 0 saturated carbocycles. The van der Waals surface area contributed by atoms with E-state index in [9.17, 15) is 9.90 Å². The van der Waals surface area contributed by atoms with Gasteiger partial charge in [0.2, 0.25) is 0 Å². The molecule has 0 bridgehead atoms. The second kappa shape index (κ2) is 5.59. The van der Waals surface area contributed by atoms with Crippen molar-refractivity contribution in [2.45, 2.75) is 26.1 Å². The van der Waals surface area contributed by atoms with E-state index in [4.69, 9.17) is 9.15 Å². The molecule has 0 spiro atoms. The van der Waals surface area contributed by atoms with Crippen molar-refractivity contribution in [2.24, 2.45) is 0 Å². The molecule has 0 saturated heterocycles. The zero-order chi connectivity index (χ0) is 13.8. The van der Waals surface area contributed by atoms with Gasteiger partial charge in [-0.25, -0.2) is 4.79 Å². The summed E-state index contributed by atoms with van der Waals surface area (Å²) in [7, 11) is 0. The van der Waals surface area contributed by atoms with Crippen LogP contribution in [0.25, 0.3) is 0 Å². The van der Waals surface area contributed by atoms with Crippen LogP contribution in [0.15, 0.2) is 46.3 Å². The molecule has 2 heterocycles. The van der Waals surface area contributed by atoms with Crippen molar-refractivity contribution >= 4 is 5.97 Å². The Hall–Kier alpha value is -2.25. The van der Waals surface area contributed by atoms with Crippen molar-refractivity contribution in [3.63, 3.8) is 0 Å². The van der Waals surface area contributed by atoms with E-state index in [0.717, 1.165) is 5.56 Å². The van der Waals surface area contributed by atoms with Crippen molar-refractivity contribution in [3.05, 3.63) is 47.5 Å². The van der Waals surface area contributed by atoms with E-state index >= 15 is 0 Å². The summed E-state index contributed by atoms with van der Waals surface area (Å²) in [4.78, 5) is 11.2. The van der Waals surface area contributed by atoms with Gasteiger partial charge in [0.25, 0.3) is 0 Å². The molecular weight excluding hydrogens is 244 g/mol. The quantitative estimate of drug-likeness (QED) is 0.649. The van der Waals surface area contributed by atoms with Crippen LogP contribution < -0.4 is 0 Å². The summed E-state index contributed by atoms with van der Waals surface area (Å²) >= 11 is 0. The molecule has 0 amide bonds. The molecule has 98 valence electrons. The zero-order valence-electron chi connectivity index (χ0n) is 10.7. The van der Waals surface area contributed by atoms with Crippen molar-refractivity contribution in [1.29, 1.82) is 0 Å². The van der Waals surface area contributed by atoms with Crippen LogP contribution in [0.1, 0.15) is 19.4 Å². The van der Waals surface area contributed by atoms with E-state index < -0.39 is 12.2 Å². The largest absolute Gasteiger partial charge is 0.471 e. The van der Waals surface area contributed by atoms with Gasteiger partial charge in [-0.15, -0.1) is 0 Å². The van der Waals surface area contributed by atoms with Gasteiger partial charge in [0, 0.05) is 5.57 Å². The maximum Gasteiger partial charge on any atom is 0.334 e. The highest BCUT2D eigenvalue weighted by Crippen LogP contribution is 2.19. The molecule has 1 aromatic rings. The van der Waals surface area contributed by atoms with Gasteiger partial charge >= 0.3 is 5.97 Å². The topological polar surface area (TPSA) is 59.7 Å². The van der Waals surface area contributed by atoms with E-state index in [0.29, 0.717) is 11.1 Å². The van der Waals surface area contributed by atoms with Crippen LogP contribution in [-0.2, 0) is 9.53 Å². The number of cyclic esters (lactones) is 1. The second-order valence-corrected chi connectivity index (χ2v) is 4.33. The molecule has 4 nitrogen and oxygen atoms in total. The van der Waals surface area contributed by atoms with E-state index in [1.54, 1.807) is 38.3 Å². The lowest BCUT2D eigenvalue weighted by Gasteiger charge is -2.16. The summed E-state index contributed by atoms with van der Waals surface area (Å²) in [6, 6.07) is 1.75. The Labute approximate surface area is 111 Å². The lowest BCUT2D eigenvalue weighted by molar-refractivity contribution is -0.142. The molecule has 19 heavy (non-hydrogen) atoms. The van der Waals surface area contributed by atoms with Gasteiger partial charge in [-0.05, 0) is 37.6 Å². The number of ether oxygens (including phenoxy) is 1. The van der Waals surface area contributed by atoms with Crippen LogP contribution in [0, 0.1) is 11.8 Å². The molecular formula is C15H14O4. The smallest absolute Gasteiger partial charge is 0.334 e. The molecule has 0 fully saturated rings. The van der Waals surface area contributed by atoms with Gasteiger partial charge in [0.15, 0.2) is 6.10 Å². The molecule has 1 aliphatic rings. The molecule has 1 aromatic heterocycles. The zero-order valence-corrected chi connectivity index (χ0v) is 10.7. The van der Waals surface area contributed by atoms with Crippen LogP contribution in [-0.4, -0.2) is 23.3 Å². The van der Waals surface area contributed by atoms with E-state index in [2.05, 4.69) is 11.8 Å². The lowest BCUT2D eigenvalue weighted by Crippen LogP contribution is -2.26. The minimum absolute atomic E-state index is 0.388. The number of aliphatic hydroxyl groups excluding tert-OH is 1. The molecule has 0 aromatic carbocycles. The Balaban J connectivity index is 2.03. The van der Waals surface area contributed by atoms with Crippen LogP contribution in [0.5, 0.6) is 0 Å². The first-order valence-electron chi connectivity index (χ1n) is 5.86. The highest BCUT2D eigenvalue weighted by Gasteiger charge is 2.29. The first-order chi connectivity index (χ1) is 9.08. The Bertz CT molecular complexity index is 581. The number of hydrogen-bond acceptors (Lipinski definition) is 4. The fraction of sp³-hybridized carbons (Fsp3) is 0.267. The first kappa shape index (κ1) is 13.2. The number of hydrogen-bond donors (Lipinski definition) is 1. The monoisotopic (exact) mass is 258 g/mol. The molecule has 1 N–H and O–H groups in total. The minimum atomic E-state index is -0.875. The molecule has 0 aliphatic carbocycles. The van der Waals surface area contributed by atoms with Gasteiger partial charge in [-0.3, -0.25) is 0 Å². The Kier molecular flexibility index (Phi) is 3.88. The van der Waals surface area contributed by atoms with Crippen LogP contribution in [0.3, 0.4) is 0 Å². The normalized spacial score (nSPS) is 20.4. The number of carbonyl (C=O) groups excluding carboxylic acids is 1. The molecule has 2 rings (SSSR count). The summed E-state index contributed by atoms with van der Waals surface area (Å²) in [6.45, 7) is 3.40. The van der Waals surface area contributed by atoms with Gasteiger partial charge in [-0.2, -0.15) is 0 Å². The number of esters is 1. The summed E-state index contributed by atoms with van der Waals surface area (Å²) in [6.07, 6.45) is 4.80. The first-order valence-corrected chi connectivity index (χ1v) is 5.86. The average molecular weight is 258 g/mol. The molecule has 0 radical (unpaired) electrons. The predicted octanol–water partition coefficient (Wildman–Crippen LogP) is 1.81.